The Bertz CT molecular complexity index is 956. The third-order valence-electron chi connectivity index (χ3n) is 4.96. The summed E-state index contributed by atoms with van der Waals surface area (Å²) in [5.41, 5.74) is 7.69. The Balaban J connectivity index is 1.64. The Hall–Kier alpha value is -3.10. The van der Waals surface area contributed by atoms with E-state index in [0.29, 0.717) is 0 Å². The summed E-state index contributed by atoms with van der Waals surface area (Å²) in [5.74, 6) is -1.16. The first kappa shape index (κ1) is 20.2. The zero-order chi connectivity index (χ0) is 21.3. The molecule has 154 valence electrons. The highest BCUT2D eigenvalue weighted by Crippen LogP contribution is 2.39. The third-order valence-corrected chi connectivity index (χ3v) is 6.40. The number of nitrogens with one attached hydrogen (secondary N) is 1. The molecule has 2 unspecified atom stereocenters. The first-order chi connectivity index (χ1) is 14.5. The SMILES string of the molecule is CC(=O)NC1S[C@@H]2C(N)C(=O)N2C=C1C(=O)OC(c1ccccc1)c1ccccc1. The lowest BCUT2D eigenvalue weighted by Crippen LogP contribution is -2.67. The Kier molecular flexibility index (Phi) is 5.61. The Morgan fingerprint density at radius 2 is 1.63 bits per heavy atom. The molecule has 3 N–H and O–H groups in total. The average molecular weight is 423 g/mol. The number of carbonyl (C=O) groups excluding carboxylic acids is 3. The minimum atomic E-state index is -0.651. The van der Waals surface area contributed by atoms with Crippen LogP contribution in [-0.4, -0.2) is 39.5 Å². The van der Waals surface area contributed by atoms with Crippen molar-refractivity contribution < 1.29 is 19.1 Å². The molecule has 2 aromatic rings. The minimum Gasteiger partial charge on any atom is -0.449 e. The summed E-state index contributed by atoms with van der Waals surface area (Å²) in [6, 6.07) is 18.2. The predicted octanol–water partition coefficient (Wildman–Crippen LogP) is 1.91. The maximum atomic E-state index is 13.2. The van der Waals surface area contributed by atoms with E-state index in [1.54, 1.807) is 0 Å². The largest absolute Gasteiger partial charge is 0.449 e. The van der Waals surface area contributed by atoms with Crippen LogP contribution in [-0.2, 0) is 19.1 Å². The highest BCUT2D eigenvalue weighted by molar-refractivity contribution is 8.00. The number of benzene rings is 2. The Morgan fingerprint density at radius 1 is 1.07 bits per heavy atom. The monoisotopic (exact) mass is 423 g/mol. The minimum absolute atomic E-state index is 0.198. The number of carbonyl (C=O) groups is 3. The van der Waals surface area contributed by atoms with Gasteiger partial charge in [-0.2, -0.15) is 0 Å². The van der Waals surface area contributed by atoms with Crippen LogP contribution in [0, 0.1) is 0 Å². The number of nitrogens with two attached hydrogens (primary N) is 1. The fourth-order valence-electron chi connectivity index (χ4n) is 3.44. The zero-order valence-corrected chi connectivity index (χ0v) is 17.0. The standard InChI is InChI=1S/C22H21N3O4S/c1-13(26)24-19-16(12-25-20(27)17(23)21(25)30-19)22(28)29-18(14-8-4-2-5-9-14)15-10-6-3-7-11-15/h2-12,17-19,21H,23H2,1H3,(H,24,26)/t17?,19?,21-/m1/s1. The van der Waals surface area contributed by atoms with Crippen LogP contribution < -0.4 is 11.1 Å². The molecule has 7 nitrogen and oxygen atoms in total. The predicted molar refractivity (Wildman–Crippen MR) is 113 cm³/mol. The van der Waals surface area contributed by atoms with Gasteiger partial charge in [-0.25, -0.2) is 4.79 Å². The number of β-lactam (4-membered cyclic amide) rings is 1. The molecule has 2 aliphatic heterocycles. The molecule has 0 spiro atoms. The molecule has 0 aromatic heterocycles. The van der Waals surface area contributed by atoms with Crippen LogP contribution in [0.2, 0.25) is 0 Å². The Morgan fingerprint density at radius 3 is 2.17 bits per heavy atom. The maximum absolute atomic E-state index is 13.2. The molecule has 0 radical (unpaired) electrons. The first-order valence-electron chi connectivity index (χ1n) is 9.48. The van der Waals surface area contributed by atoms with Crippen LogP contribution in [0.3, 0.4) is 0 Å². The van der Waals surface area contributed by atoms with Crippen molar-refractivity contribution in [1.29, 1.82) is 0 Å². The van der Waals surface area contributed by atoms with E-state index >= 15 is 0 Å². The van der Waals surface area contributed by atoms with Gasteiger partial charge in [0, 0.05) is 13.1 Å². The second kappa shape index (κ2) is 8.33. The Labute approximate surface area is 178 Å². The fraction of sp³-hybridized carbons (Fsp3) is 0.227. The number of esters is 1. The van der Waals surface area contributed by atoms with Crippen LogP contribution in [0.15, 0.2) is 72.4 Å². The molecule has 30 heavy (non-hydrogen) atoms. The smallest absolute Gasteiger partial charge is 0.339 e. The molecule has 0 bridgehead atoms. The van der Waals surface area contributed by atoms with Gasteiger partial charge in [-0.3, -0.25) is 9.59 Å². The first-order valence-corrected chi connectivity index (χ1v) is 10.4. The van der Waals surface area contributed by atoms with Crippen molar-refractivity contribution in [2.75, 3.05) is 0 Å². The van der Waals surface area contributed by atoms with E-state index in [-0.39, 0.29) is 22.8 Å². The highest BCUT2D eigenvalue weighted by Gasteiger charge is 2.50. The van der Waals surface area contributed by atoms with Crippen molar-refractivity contribution in [3.05, 3.63) is 83.6 Å². The molecule has 2 amide bonds. The van der Waals surface area contributed by atoms with Gasteiger partial charge in [-0.05, 0) is 11.1 Å². The summed E-state index contributed by atoms with van der Waals surface area (Å²) < 4.78 is 5.90. The van der Waals surface area contributed by atoms with Crippen molar-refractivity contribution in [3.8, 4) is 0 Å². The highest BCUT2D eigenvalue weighted by atomic mass is 32.2. The van der Waals surface area contributed by atoms with Crippen molar-refractivity contribution >= 4 is 29.5 Å². The summed E-state index contributed by atoms with van der Waals surface area (Å²) >= 11 is 1.26. The molecule has 1 saturated heterocycles. The van der Waals surface area contributed by atoms with Gasteiger partial charge in [0.25, 0.3) is 0 Å². The van der Waals surface area contributed by atoms with E-state index in [1.807, 2.05) is 60.7 Å². The van der Waals surface area contributed by atoms with Gasteiger partial charge in [0.05, 0.1) is 5.57 Å². The molecule has 3 atom stereocenters. The van der Waals surface area contributed by atoms with E-state index in [9.17, 15) is 14.4 Å². The van der Waals surface area contributed by atoms with Gasteiger partial charge in [0.2, 0.25) is 11.8 Å². The normalized spacial score (nSPS) is 22.6. The van der Waals surface area contributed by atoms with Gasteiger partial charge in [0.1, 0.15) is 16.8 Å². The van der Waals surface area contributed by atoms with E-state index in [0.717, 1.165) is 11.1 Å². The van der Waals surface area contributed by atoms with Crippen molar-refractivity contribution in [2.45, 2.75) is 29.8 Å². The molecule has 0 saturated carbocycles. The summed E-state index contributed by atoms with van der Waals surface area (Å²) in [6.45, 7) is 1.37. The summed E-state index contributed by atoms with van der Waals surface area (Å²) in [5, 5.41) is 1.78. The van der Waals surface area contributed by atoms with E-state index in [4.69, 9.17) is 10.5 Å². The van der Waals surface area contributed by atoms with Crippen molar-refractivity contribution in [3.63, 3.8) is 0 Å². The number of fused-ring (bicyclic) bond motifs is 1. The fourth-order valence-corrected chi connectivity index (χ4v) is 4.84. The lowest BCUT2D eigenvalue weighted by Gasteiger charge is -2.47. The average Bonchev–Trinajstić information content (AvgIpc) is 2.77. The number of amides is 2. The zero-order valence-electron chi connectivity index (χ0n) is 16.2. The molecule has 1 fully saturated rings. The number of hydrogen-bond acceptors (Lipinski definition) is 6. The number of nitrogens with zero attached hydrogens (tertiary/aromatic N) is 1. The molecule has 8 heteroatoms. The molecule has 2 aromatic carbocycles. The summed E-state index contributed by atoms with van der Waals surface area (Å²) in [4.78, 5) is 38.4. The van der Waals surface area contributed by atoms with Crippen LogP contribution in [0.5, 0.6) is 0 Å². The van der Waals surface area contributed by atoms with Crippen LogP contribution in [0.4, 0.5) is 0 Å². The number of hydrogen-bond donors (Lipinski definition) is 2. The lowest BCUT2D eigenvalue weighted by atomic mass is 10.0. The van der Waals surface area contributed by atoms with Gasteiger partial charge in [-0.1, -0.05) is 60.7 Å². The van der Waals surface area contributed by atoms with Crippen molar-refractivity contribution in [2.24, 2.45) is 5.73 Å². The van der Waals surface area contributed by atoms with Gasteiger partial charge < -0.3 is 20.7 Å². The van der Waals surface area contributed by atoms with E-state index < -0.39 is 23.5 Å². The number of ether oxygens (including phenoxy) is 1. The van der Waals surface area contributed by atoms with Crippen molar-refractivity contribution in [1.82, 2.24) is 10.2 Å². The topological polar surface area (TPSA) is 102 Å². The van der Waals surface area contributed by atoms with Crippen LogP contribution in [0.1, 0.15) is 24.2 Å². The second-order valence-electron chi connectivity index (χ2n) is 7.07. The molecule has 0 aliphatic carbocycles. The molecule has 2 heterocycles. The van der Waals surface area contributed by atoms with E-state index in [2.05, 4.69) is 5.32 Å². The lowest BCUT2D eigenvalue weighted by molar-refractivity contribution is -0.143. The summed E-state index contributed by atoms with van der Waals surface area (Å²) in [7, 11) is 0. The molecular formula is C22H21N3O4S. The third kappa shape index (κ3) is 3.83. The van der Waals surface area contributed by atoms with Gasteiger partial charge >= 0.3 is 5.97 Å². The number of rotatable bonds is 5. The van der Waals surface area contributed by atoms with E-state index in [1.165, 1.54) is 29.8 Å². The second-order valence-corrected chi connectivity index (χ2v) is 8.30. The van der Waals surface area contributed by atoms with Crippen LogP contribution in [0.25, 0.3) is 0 Å². The summed E-state index contributed by atoms with van der Waals surface area (Å²) in [6.07, 6.45) is 0.818. The molecule has 4 rings (SSSR count). The maximum Gasteiger partial charge on any atom is 0.339 e. The molecular weight excluding hydrogens is 402 g/mol. The number of thioether (sulfide) groups is 1. The molecule has 2 aliphatic rings. The van der Waals surface area contributed by atoms with Gasteiger partial charge in [-0.15, -0.1) is 11.8 Å². The van der Waals surface area contributed by atoms with Gasteiger partial charge in [0.15, 0.2) is 6.10 Å². The quantitative estimate of drug-likeness (QED) is 0.563. The van der Waals surface area contributed by atoms with Crippen LogP contribution >= 0.6 is 11.8 Å².